The molecule has 2 heterocycles. The van der Waals surface area contributed by atoms with Gasteiger partial charge >= 0.3 is 0 Å². The molecule has 0 saturated carbocycles. The van der Waals surface area contributed by atoms with Crippen LogP contribution in [0, 0.1) is 0 Å². The second-order valence-corrected chi connectivity index (χ2v) is 6.30. The first-order valence-electron chi connectivity index (χ1n) is 8.00. The summed E-state index contributed by atoms with van der Waals surface area (Å²) in [6, 6.07) is 7.20. The number of piperidine rings is 1. The molecule has 3 heteroatoms. The van der Waals surface area contributed by atoms with E-state index >= 15 is 0 Å². The lowest BCUT2D eigenvalue weighted by molar-refractivity contribution is 0.0843. The van der Waals surface area contributed by atoms with Crippen molar-refractivity contribution in [2.24, 2.45) is 0 Å². The van der Waals surface area contributed by atoms with Gasteiger partial charge in [-0.05, 0) is 51.2 Å². The first-order chi connectivity index (χ1) is 9.72. The summed E-state index contributed by atoms with van der Waals surface area (Å²) in [5, 5.41) is 3.47. The van der Waals surface area contributed by atoms with Gasteiger partial charge in [-0.2, -0.15) is 0 Å². The Kier molecular flexibility index (Phi) is 4.16. The SMILES string of the molecule is CC(C)N1CCC(Oc2ccc3c(c2)NCCC3)CC1. The lowest BCUT2D eigenvalue weighted by Crippen LogP contribution is -2.41. The molecular formula is C17H26N2O. The Morgan fingerprint density at radius 1 is 1.25 bits per heavy atom. The van der Waals surface area contributed by atoms with Crippen molar-refractivity contribution in [3.05, 3.63) is 23.8 Å². The van der Waals surface area contributed by atoms with Crippen molar-refractivity contribution in [1.82, 2.24) is 4.90 Å². The van der Waals surface area contributed by atoms with Gasteiger partial charge in [-0.3, -0.25) is 0 Å². The van der Waals surface area contributed by atoms with E-state index in [4.69, 9.17) is 4.74 Å². The highest BCUT2D eigenvalue weighted by atomic mass is 16.5. The number of ether oxygens (including phenoxy) is 1. The standard InChI is InChI=1S/C17H26N2O/c1-13(2)19-10-7-15(8-11-19)20-16-6-5-14-4-3-9-18-17(14)12-16/h5-6,12-13,15,18H,3-4,7-11H2,1-2H3. The molecule has 2 aliphatic rings. The number of rotatable bonds is 3. The second-order valence-electron chi connectivity index (χ2n) is 6.30. The average Bonchev–Trinajstić information content (AvgIpc) is 2.48. The lowest BCUT2D eigenvalue weighted by Gasteiger charge is -2.34. The summed E-state index contributed by atoms with van der Waals surface area (Å²) >= 11 is 0. The predicted octanol–water partition coefficient (Wildman–Crippen LogP) is 3.30. The molecule has 3 rings (SSSR count). The maximum absolute atomic E-state index is 6.18. The van der Waals surface area contributed by atoms with E-state index in [1.165, 1.54) is 24.1 Å². The zero-order valence-corrected chi connectivity index (χ0v) is 12.7. The molecule has 0 bridgehead atoms. The maximum Gasteiger partial charge on any atom is 0.121 e. The Balaban J connectivity index is 1.59. The highest BCUT2D eigenvalue weighted by molar-refractivity contribution is 5.56. The van der Waals surface area contributed by atoms with Crippen LogP contribution in [0.5, 0.6) is 5.75 Å². The first-order valence-corrected chi connectivity index (χ1v) is 8.00. The molecule has 110 valence electrons. The van der Waals surface area contributed by atoms with Gasteiger partial charge in [0.1, 0.15) is 11.9 Å². The van der Waals surface area contributed by atoms with Crippen LogP contribution in [-0.2, 0) is 6.42 Å². The third-order valence-electron chi connectivity index (χ3n) is 4.53. The number of benzene rings is 1. The summed E-state index contributed by atoms with van der Waals surface area (Å²) in [6.07, 6.45) is 5.09. The van der Waals surface area contributed by atoms with Crippen molar-refractivity contribution >= 4 is 5.69 Å². The number of nitrogens with zero attached hydrogens (tertiary/aromatic N) is 1. The average molecular weight is 274 g/mol. The molecule has 0 aliphatic carbocycles. The summed E-state index contributed by atoms with van der Waals surface area (Å²) in [5.74, 6) is 1.03. The molecule has 1 fully saturated rings. The molecule has 1 saturated heterocycles. The Morgan fingerprint density at radius 2 is 2.05 bits per heavy atom. The number of fused-ring (bicyclic) bond motifs is 1. The number of nitrogens with one attached hydrogen (secondary N) is 1. The minimum Gasteiger partial charge on any atom is -0.490 e. The van der Waals surface area contributed by atoms with E-state index in [0.717, 1.165) is 38.2 Å². The fourth-order valence-corrected chi connectivity index (χ4v) is 3.22. The molecular weight excluding hydrogens is 248 g/mol. The van der Waals surface area contributed by atoms with Crippen molar-refractivity contribution in [2.75, 3.05) is 25.0 Å². The first kappa shape index (κ1) is 13.7. The van der Waals surface area contributed by atoms with Crippen LogP contribution >= 0.6 is 0 Å². The van der Waals surface area contributed by atoms with E-state index < -0.39 is 0 Å². The van der Waals surface area contributed by atoms with Crippen molar-refractivity contribution < 1.29 is 4.74 Å². The van der Waals surface area contributed by atoms with E-state index in [1.807, 2.05) is 0 Å². The van der Waals surface area contributed by atoms with Crippen LogP contribution in [0.2, 0.25) is 0 Å². The van der Waals surface area contributed by atoms with E-state index in [1.54, 1.807) is 0 Å². The zero-order chi connectivity index (χ0) is 13.9. The van der Waals surface area contributed by atoms with Crippen LogP contribution in [0.4, 0.5) is 5.69 Å². The summed E-state index contributed by atoms with van der Waals surface area (Å²) in [5.41, 5.74) is 2.70. The summed E-state index contributed by atoms with van der Waals surface area (Å²) in [4.78, 5) is 2.54. The molecule has 2 aliphatic heterocycles. The van der Waals surface area contributed by atoms with Crippen LogP contribution in [0.25, 0.3) is 0 Å². The fraction of sp³-hybridized carbons (Fsp3) is 0.647. The van der Waals surface area contributed by atoms with Gasteiger partial charge < -0.3 is 15.0 Å². The number of anilines is 1. The molecule has 0 spiro atoms. The van der Waals surface area contributed by atoms with E-state index in [-0.39, 0.29) is 0 Å². The summed E-state index contributed by atoms with van der Waals surface area (Å²) in [6.45, 7) is 7.95. The predicted molar refractivity (Wildman–Crippen MR) is 83.6 cm³/mol. The topological polar surface area (TPSA) is 24.5 Å². The maximum atomic E-state index is 6.18. The van der Waals surface area contributed by atoms with Crippen LogP contribution in [-0.4, -0.2) is 36.7 Å². The number of likely N-dealkylation sites (tertiary alicyclic amines) is 1. The van der Waals surface area contributed by atoms with Gasteiger partial charge in [-0.15, -0.1) is 0 Å². The molecule has 0 atom stereocenters. The third-order valence-corrected chi connectivity index (χ3v) is 4.53. The van der Waals surface area contributed by atoms with Gasteiger partial charge in [0, 0.05) is 37.4 Å². The van der Waals surface area contributed by atoms with Gasteiger partial charge in [-0.1, -0.05) is 6.07 Å². The molecule has 3 nitrogen and oxygen atoms in total. The highest BCUT2D eigenvalue weighted by Gasteiger charge is 2.22. The largest absolute Gasteiger partial charge is 0.490 e. The molecule has 0 radical (unpaired) electrons. The lowest BCUT2D eigenvalue weighted by atomic mass is 10.0. The molecule has 20 heavy (non-hydrogen) atoms. The van der Waals surface area contributed by atoms with Crippen LogP contribution in [0.15, 0.2) is 18.2 Å². The van der Waals surface area contributed by atoms with E-state index in [9.17, 15) is 0 Å². The highest BCUT2D eigenvalue weighted by Crippen LogP contribution is 2.28. The van der Waals surface area contributed by atoms with E-state index in [0.29, 0.717) is 12.1 Å². The van der Waals surface area contributed by atoms with Gasteiger partial charge in [0.25, 0.3) is 0 Å². The van der Waals surface area contributed by atoms with Crippen molar-refractivity contribution in [2.45, 2.75) is 51.7 Å². The molecule has 0 unspecified atom stereocenters. The van der Waals surface area contributed by atoms with Crippen LogP contribution < -0.4 is 10.1 Å². The number of hydrogen-bond donors (Lipinski definition) is 1. The van der Waals surface area contributed by atoms with Gasteiger partial charge in [0.2, 0.25) is 0 Å². The zero-order valence-electron chi connectivity index (χ0n) is 12.7. The monoisotopic (exact) mass is 274 g/mol. The quantitative estimate of drug-likeness (QED) is 0.915. The molecule has 1 N–H and O–H groups in total. The Labute approximate surface area is 122 Å². The van der Waals surface area contributed by atoms with Crippen LogP contribution in [0.1, 0.15) is 38.7 Å². The summed E-state index contributed by atoms with van der Waals surface area (Å²) in [7, 11) is 0. The molecule has 1 aromatic carbocycles. The van der Waals surface area contributed by atoms with Gasteiger partial charge in [0.05, 0.1) is 0 Å². The minimum atomic E-state index is 0.381. The Morgan fingerprint density at radius 3 is 2.80 bits per heavy atom. The smallest absolute Gasteiger partial charge is 0.121 e. The van der Waals surface area contributed by atoms with Crippen molar-refractivity contribution in [3.8, 4) is 5.75 Å². The third kappa shape index (κ3) is 3.09. The minimum absolute atomic E-state index is 0.381. The van der Waals surface area contributed by atoms with Crippen LogP contribution in [0.3, 0.4) is 0 Å². The number of hydrogen-bond acceptors (Lipinski definition) is 3. The molecule has 0 aromatic heterocycles. The number of aryl methyl sites for hydroxylation is 1. The van der Waals surface area contributed by atoms with Crippen molar-refractivity contribution in [3.63, 3.8) is 0 Å². The molecule has 0 amide bonds. The fourth-order valence-electron chi connectivity index (χ4n) is 3.22. The normalized spacial score (nSPS) is 20.6. The molecule has 1 aromatic rings. The second kappa shape index (κ2) is 6.04. The van der Waals surface area contributed by atoms with Gasteiger partial charge in [0.15, 0.2) is 0 Å². The van der Waals surface area contributed by atoms with E-state index in [2.05, 4.69) is 42.3 Å². The Bertz CT molecular complexity index is 450. The Hall–Kier alpha value is -1.22. The summed E-state index contributed by atoms with van der Waals surface area (Å²) < 4.78 is 6.18. The van der Waals surface area contributed by atoms with Crippen molar-refractivity contribution in [1.29, 1.82) is 0 Å². The van der Waals surface area contributed by atoms with Gasteiger partial charge in [-0.25, -0.2) is 0 Å².